The fourth-order valence-electron chi connectivity index (χ4n) is 3.43. The topological polar surface area (TPSA) is 36.4 Å². The second-order valence-electron chi connectivity index (χ2n) is 7.22. The second kappa shape index (κ2) is 7.84. The van der Waals surface area contributed by atoms with Gasteiger partial charge in [0.05, 0.1) is 5.69 Å². The van der Waals surface area contributed by atoms with E-state index in [-0.39, 0.29) is 17.8 Å². The summed E-state index contributed by atoms with van der Waals surface area (Å²) in [6.07, 6.45) is 2.01. The van der Waals surface area contributed by atoms with E-state index < -0.39 is 0 Å². The quantitative estimate of drug-likeness (QED) is 0.803. The first-order valence-corrected chi connectivity index (χ1v) is 9.93. The van der Waals surface area contributed by atoms with Crippen LogP contribution >= 0.6 is 11.3 Å². The summed E-state index contributed by atoms with van der Waals surface area (Å²) < 4.78 is 13.1. The molecule has 0 saturated carbocycles. The summed E-state index contributed by atoms with van der Waals surface area (Å²) in [4.78, 5) is 22.6. The summed E-state index contributed by atoms with van der Waals surface area (Å²) in [7, 11) is 1.90. The Morgan fingerprint density at radius 2 is 1.88 bits per heavy atom. The molecule has 0 spiro atoms. The molecule has 0 unspecified atom stereocenters. The molecule has 1 aromatic heterocycles. The summed E-state index contributed by atoms with van der Waals surface area (Å²) in [6, 6.07) is 7.07. The molecule has 0 aliphatic carbocycles. The Hall–Kier alpha value is -1.79. The van der Waals surface area contributed by atoms with Crippen molar-refractivity contribution in [2.45, 2.75) is 45.7 Å². The van der Waals surface area contributed by atoms with E-state index in [1.54, 1.807) is 12.1 Å². The van der Waals surface area contributed by atoms with Crippen molar-refractivity contribution in [3.05, 3.63) is 40.7 Å². The highest BCUT2D eigenvalue weighted by molar-refractivity contribution is 7.17. The zero-order chi connectivity index (χ0) is 18.8. The first-order chi connectivity index (χ1) is 12.4. The Kier molecular flexibility index (Phi) is 5.73. The summed E-state index contributed by atoms with van der Waals surface area (Å²) in [5, 5.41) is 0.758. The highest BCUT2D eigenvalue weighted by Crippen LogP contribution is 2.30. The van der Waals surface area contributed by atoms with Crippen LogP contribution in [-0.4, -0.2) is 52.9 Å². The van der Waals surface area contributed by atoms with E-state index in [9.17, 15) is 9.18 Å². The predicted octanol–water partition coefficient (Wildman–Crippen LogP) is 4.20. The van der Waals surface area contributed by atoms with Gasteiger partial charge in [-0.15, -0.1) is 11.3 Å². The van der Waals surface area contributed by atoms with Crippen molar-refractivity contribution in [1.29, 1.82) is 0 Å². The molecule has 1 aliphatic rings. The summed E-state index contributed by atoms with van der Waals surface area (Å²) in [5.41, 5.74) is 1.58. The van der Waals surface area contributed by atoms with E-state index in [2.05, 4.69) is 23.7 Å². The molecule has 1 aliphatic heterocycles. The van der Waals surface area contributed by atoms with Gasteiger partial charge < -0.3 is 9.80 Å². The lowest BCUT2D eigenvalue weighted by molar-refractivity contribution is 0.0619. The number of carbonyl (C=O) groups is 1. The van der Waals surface area contributed by atoms with Crippen LogP contribution in [0.5, 0.6) is 0 Å². The molecule has 140 valence electrons. The van der Waals surface area contributed by atoms with Gasteiger partial charge in [0.25, 0.3) is 5.91 Å². The molecule has 6 heteroatoms. The van der Waals surface area contributed by atoms with Crippen LogP contribution in [0.1, 0.15) is 42.1 Å². The van der Waals surface area contributed by atoms with Gasteiger partial charge in [0.2, 0.25) is 0 Å². The van der Waals surface area contributed by atoms with Crippen molar-refractivity contribution in [2.75, 3.05) is 20.1 Å². The van der Waals surface area contributed by atoms with Gasteiger partial charge in [0.1, 0.15) is 15.7 Å². The maximum absolute atomic E-state index is 13.1. The number of amides is 1. The number of piperidine rings is 1. The van der Waals surface area contributed by atoms with Crippen molar-refractivity contribution >= 4 is 17.2 Å². The van der Waals surface area contributed by atoms with Crippen LogP contribution < -0.4 is 0 Å². The smallest absolute Gasteiger partial charge is 0.265 e. The number of nitrogens with zero attached hydrogens (tertiary/aromatic N) is 3. The van der Waals surface area contributed by atoms with Gasteiger partial charge in [-0.25, -0.2) is 9.37 Å². The molecule has 3 rings (SSSR count). The highest BCUT2D eigenvalue weighted by atomic mass is 32.1. The van der Waals surface area contributed by atoms with Gasteiger partial charge in [0, 0.05) is 37.8 Å². The van der Waals surface area contributed by atoms with E-state index in [0.29, 0.717) is 10.9 Å². The first-order valence-electron chi connectivity index (χ1n) is 9.11. The van der Waals surface area contributed by atoms with Gasteiger partial charge >= 0.3 is 0 Å². The van der Waals surface area contributed by atoms with Gasteiger partial charge in [0.15, 0.2) is 0 Å². The number of halogens is 1. The molecule has 1 fully saturated rings. The van der Waals surface area contributed by atoms with Crippen molar-refractivity contribution in [2.24, 2.45) is 0 Å². The standard InChI is InChI=1S/C20H26FN3OS/c1-13(2)24-11-9-17(10-12-24)23(4)20(25)18-14(3)22-19(26-18)15-5-7-16(21)8-6-15/h5-8,13,17H,9-12H2,1-4H3. The minimum Gasteiger partial charge on any atom is -0.338 e. The molecule has 2 aromatic rings. The largest absolute Gasteiger partial charge is 0.338 e. The lowest BCUT2D eigenvalue weighted by Crippen LogP contribution is -2.47. The molecule has 1 amide bonds. The fourth-order valence-corrected chi connectivity index (χ4v) is 4.48. The van der Waals surface area contributed by atoms with E-state index in [0.717, 1.165) is 42.2 Å². The Labute approximate surface area is 158 Å². The predicted molar refractivity (Wildman–Crippen MR) is 104 cm³/mol. The molecular weight excluding hydrogens is 349 g/mol. The molecule has 0 atom stereocenters. The number of thiazole rings is 1. The van der Waals surface area contributed by atoms with Crippen molar-refractivity contribution < 1.29 is 9.18 Å². The molecule has 26 heavy (non-hydrogen) atoms. The van der Waals surface area contributed by atoms with Gasteiger partial charge in [-0.3, -0.25) is 4.79 Å². The van der Waals surface area contributed by atoms with Gasteiger partial charge in [-0.2, -0.15) is 0 Å². The minimum absolute atomic E-state index is 0.0383. The third-order valence-electron chi connectivity index (χ3n) is 5.18. The Bertz CT molecular complexity index is 764. The SMILES string of the molecule is Cc1nc(-c2ccc(F)cc2)sc1C(=O)N(C)C1CCN(C(C)C)CC1. The Morgan fingerprint density at radius 3 is 2.46 bits per heavy atom. The number of rotatable bonds is 4. The maximum atomic E-state index is 13.1. The van der Waals surface area contributed by atoms with Crippen molar-refractivity contribution in [1.82, 2.24) is 14.8 Å². The summed E-state index contributed by atoms with van der Waals surface area (Å²) >= 11 is 1.39. The number of carbonyl (C=O) groups excluding carboxylic acids is 1. The van der Waals surface area contributed by atoms with Crippen molar-refractivity contribution in [3.8, 4) is 10.6 Å². The zero-order valence-electron chi connectivity index (χ0n) is 15.8. The molecule has 2 heterocycles. The number of benzene rings is 1. The average Bonchev–Trinajstić information content (AvgIpc) is 3.03. The first kappa shape index (κ1) is 19.0. The van der Waals surface area contributed by atoms with Crippen LogP contribution in [-0.2, 0) is 0 Å². The summed E-state index contributed by atoms with van der Waals surface area (Å²) in [6.45, 7) is 8.36. The summed E-state index contributed by atoms with van der Waals surface area (Å²) in [5.74, 6) is -0.234. The Balaban J connectivity index is 1.72. The van der Waals surface area contributed by atoms with E-state index in [1.807, 2.05) is 18.9 Å². The molecule has 0 radical (unpaired) electrons. The normalized spacial score (nSPS) is 16.2. The fraction of sp³-hybridized carbons (Fsp3) is 0.500. The van der Waals surface area contributed by atoms with Crippen LogP contribution in [0, 0.1) is 12.7 Å². The lowest BCUT2D eigenvalue weighted by Gasteiger charge is -2.38. The number of aryl methyl sites for hydroxylation is 1. The third kappa shape index (κ3) is 3.96. The maximum Gasteiger partial charge on any atom is 0.265 e. The molecule has 0 N–H and O–H groups in total. The number of hydrogen-bond acceptors (Lipinski definition) is 4. The van der Waals surface area contributed by atoms with E-state index in [1.165, 1.54) is 23.5 Å². The highest BCUT2D eigenvalue weighted by Gasteiger charge is 2.28. The average molecular weight is 376 g/mol. The second-order valence-corrected chi connectivity index (χ2v) is 8.22. The number of hydrogen-bond donors (Lipinski definition) is 0. The molecule has 4 nitrogen and oxygen atoms in total. The number of aromatic nitrogens is 1. The van der Waals surface area contributed by atoms with E-state index >= 15 is 0 Å². The van der Waals surface area contributed by atoms with Crippen LogP contribution in [0.3, 0.4) is 0 Å². The molecule has 1 aromatic carbocycles. The van der Waals surface area contributed by atoms with E-state index in [4.69, 9.17) is 0 Å². The van der Waals surface area contributed by atoms with Crippen LogP contribution in [0.2, 0.25) is 0 Å². The van der Waals surface area contributed by atoms with Gasteiger partial charge in [-0.05, 0) is 57.9 Å². The molecule has 1 saturated heterocycles. The Morgan fingerprint density at radius 1 is 1.27 bits per heavy atom. The van der Waals surface area contributed by atoms with Gasteiger partial charge in [-0.1, -0.05) is 0 Å². The zero-order valence-corrected chi connectivity index (χ0v) is 16.6. The molecule has 0 bridgehead atoms. The van der Waals surface area contributed by atoms with Crippen LogP contribution in [0.25, 0.3) is 10.6 Å². The van der Waals surface area contributed by atoms with Crippen molar-refractivity contribution in [3.63, 3.8) is 0 Å². The molecular formula is C20H26FN3OS. The minimum atomic E-state index is -0.272. The third-order valence-corrected chi connectivity index (χ3v) is 6.37. The number of likely N-dealkylation sites (tertiary alicyclic amines) is 1. The monoisotopic (exact) mass is 375 g/mol. The van der Waals surface area contributed by atoms with Crippen LogP contribution in [0.4, 0.5) is 4.39 Å². The van der Waals surface area contributed by atoms with Crippen LogP contribution in [0.15, 0.2) is 24.3 Å². The lowest BCUT2D eigenvalue weighted by atomic mass is 10.0.